The monoisotopic (exact) mass is 236 g/mol. The highest BCUT2D eigenvalue weighted by Crippen LogP contribution is 2.25. The van der Waals surface area contributed by atoms with Gasteiger partial charge in [0.1, 0.15) is 0 Å². The number of allylic oxidation sites excluding steroid dienone is 2. The summed E-state index contributed by atoms with van der Waals surface area (Å²) in [6.07, 6.45) is 20.6. The highest BCUT2D eigenvalue weighted by Gasteiger charge is 2.15. The molecule has 1 saturated heterocycles. The predicted octanol–water partition coefficient (Wildman–Crippen LogP) is 5.35. The van der Waals surface area contributed by atoms with Crippen LogP contribution in [-0.2, 0) is 4.74 Å². The van der Waals surface area contributed by atoms with Crippen molar-refractivity contribution in [3.05, 3.63) is 11.8 Å². The van der Waals surface area contributed by atoms with E-state index in [1.165, 1.54) is 89.2 Å². The van der Waals surface area contributed by atoms with Gasteiger partial charge in [0.05, 0.1) is 11.9 Å². The first-order chi connectivity index (χ1) is 8.45. The predicted molar refractivity (Wildman–Crippen MR) is 73.0 cm³/mol. The summed E-state index contributed by atoms with van der Waals surface area (Å²) in [6, 6.07) is 0. The molecule has 1 nitrogen and oxygen atoms in total. The van der Waals surface area contributed by atoms with Crippen molar-refractivity contribution in [3.8, 4) is 0 Å². The molecule has 98 valence electrons. The molecule has 1 fully saturated rings. The summed E-state index contributed by atoms with van der Waals surface area (Å²) in [5.74, 6) is 1.30. The Labute approximate surface area is 107 Å². The molecule has 2 heterocycles. The largest absolute Gasteiger partial charge is 0.495 e. The van der Waals surface area contributed by atoms with Crippen LogP contribution in [0.4, 0.5) is 0 Å². The van der Waals surface area contributed by atoms with Crippen molar-refractivity contribution in [1.29, 1.82) is 0 Å². The second-order valence-corrected chi connectivity index (χ2v) is 5.71. The van der Waals surface area contributed by atoms with Crippen molar-refractivity contribution < 1.29 is 4.74 Å². The average molecular weight is 236 g/mol. The van der Waals surface area contributed by atoms with Crippen LogP contribution in [0.2, 0.25) is 0 Å². The second kappa shape index (κ2) is 7.79. The molecule has 2 aliphatic rings. The zero-order valence-electron chi connectivity index (χ0n) is 11.3. The van der Waals surface area contributed by atoms with Gasteiger partial charge in [-0.2, -0.15) is 0 Å². The van der Waals surface area contributed by atoms with Gasteiger partial charge in [-0.15, -0.1) is 0 Å². The van der Waals surface area contributed by atoms with E-state index in [2.05, 4.69) is 6.08 Å². The fraction of sp³-hybridized carbons (Fsp3) is 0.875. The molecule has 2 bridgehead atoms. The number of ether oxygens (including phenoxy) is 1. The van der Waals surface area contributed by atoms with Gasteiger partial charge in [-0.05, 0) is 38.2 Å². The topological polar surface area (TPSA) is 9.23 Å². The summed E-state index contributed by atoms with van der Waals surface area (Å²) >= 11 is 0. The fourth-order valence-corrected chi connectivity index (χ4v) is 3.02. The van der Waals surface area contributed by atoms with Crippen LogP contribution < -0.4 is 0 Å². The van der Waals surface area contributed by atoms with Gasteiger partial charge in [0.25, 0.3) is 0 Å². The lowest BCUT2D eigenvalue weighted by Gasteiger charge is -2.25. The van der Waals surface area contributed by atoms with Gasteiger partial charge in [-0.25, -0.2) is 0 Å². The van der Waals surface area contributed by atoms with Crippen molar-refractivity contribution in [2.75, 3.05) is 0 Å². The molecule has 2 aliphatic heterocycles. The van der Waals surface area contributed by atoms with E-state index in [0.717, 1.165) is 0 Å². The number of hydrogen-bond donors (Lipinski definition) is 0. The molecule has 1 unspecified atom stereocenters. The summed E-state index contributed by atoms with van der Waals surface area (Å²) in [6.45, 7) is 0. The van der Waals surface area contributed by atoms with Gasteiger partial charge < -0.3 is 4.74 Å². The second-order valence-electron chi connectivity index (χ2n) is 5.71. The standard InChI is InChI=1S/C16H28O/c1-2-4-6-8-11-15-13-10-14-16(17-15)12-9-7-5-3-1/h13,16H,1-12,14H2. The van der Waals surface area contributed by atoms with Crippen LogP contribution in [0.1, 0.15) is 83.5 Å². The van der Waals surface area contributed by atoms with Crippen molar-refractivity contribution in [2.45, 2.75) is 89.6 Å². The third kappa shape index (κ3) is 5.14. The Morgan fingerprint density at radius 1 is 0.765 bits per heavy atom. The molecule has 17 heavy (non-hydrogen) atoms. The molecule has 0 aliphatic carbocycles. The number of hydrogen-bond acceptors (Lipinski definition) is 1. The van der Waals surface area contributed by atoms with Crippen LogP contribution in [-0.4, -0.2) is 6.10 Å². The average Bonchev–Trinajstić information content (AvgIpc) is 2.36. The minimum absolute atomic E-state index is 0.540. The van der Waals surface area contributed by atoms with Gasteiger partial charge >= 0.3 is 0 Å². The van der Waals surface area contributed by atoms with Gasteiger partial charge in [-0.1, -0.05) is 44.9 Å². The number of rotatable bonds is 0. The lowest BCUT2D eigenvalue weighted by molar-refractivity contribution is 0.0787. The first kappa shape index (κ1) is 13.0. The minimum Gasteiger partial charge on any atom is -0.495 e. The smallest absolute Gasteiger partial charge is 0.0985 e. The highest BCUT2D eigenvalue weighted by molar-refractivity contribution is 4.97. The van der Waals surface area contributed by atoms with Crippen LogP contribution in [0, 0.1) is 0 Å². The van der Waals surface area contributed by atoms with Gasteiger partial charge in [0.15, 0.2) is 0 Å². The maximum Gasteiger partial charge on any atom is 0.0985 e. The van der Waals surface area contributed by atoms with Crippen LogP contribution in [0.15, 0.2) is 11.8 Å². The molecular formula is C16H28O. The molecule has 1 heteroatoms. The maximum atomic E-state index is 6.09. The Morgan fingerprint density at radius 3 is 2.18 bits per heavy atom. The first-order valence-electron chi connectivity index (χ1n) is 7.81. The van der Waals surface area contributed by atoms with E-state index >= 15 is 0 Å². The molecule has 0 spiro atoms. The lowest BCUT2D eigenvalue weighted by atomic mass is 9.99. The Bertz CT molecular complexity index is 232. The first-order valence-corrected chi connectivity index (χ1v) is 7.81. The molecule has 0 aromatic heterocycles. The van der Waals surface area contributed by atoms with E-state index in [4.69, 9.17) is 4.74 Å². The Morgan fingerprint density at radius 2 is 1.41 bits per heavy atom. The molecule has 0 aromatic rings. The highest BCUT2D eigenvalue weighted by atomic mass is 16.5. The van der Waals surface area contributed by atoms with E-state index in [-0.39, 0.29) is 0 Å². The fourth-order valence-electron chi connectivity index (χ4n) is 3.02. The van der Waals surface area contributed by atoms with Crippen molar-refractivity contribution in [3.63, 3.8) is 0 Å². The molecule has 0 N–H and O–H groups in total. The lowest BCUT2D eigenvalue weighted by Crippen LogP contribution is -2.16. The molecule has 2 rings (SSSR count). The van der Waals surface area contributed by atoms with Crippen LogP contribution in [0.5, 0.6) is 0 Å². The molecule has 0 saturated carbocycles. The van der Waals surface area contributed by atoms with Gasteiger partial charge in [0, 0.05) is 6.42 Å². The van der Waals surface area contributed by atoms with Crippen LogP contribution >= 0.6 is 0 Å². The van der Waals surface area contributed by atoms with Crippen LogP contribution in [0.3, 0.4) is 0 Å². The third-order valence-electron chi connectivity index (χ3n) is 4.13. The number of fused-ring (bicyclic) bond motifs is 2. The Hall–Kier alpha value is -0.460. The Kier molecular flexibility index (Phi) is 5.95. The summed E-state index contributed by atoms with van der Waals surface area (Å²) in [5.41, 5.74) is 0. The van der Waals surface area contributed by atoms with E-state index in [9.17, 15) is 0 Å². The normalized spacial score (nSPS) is 28.7. The summed E-state index contributed by atoms with van der Waals surface area (Å²) in [5, 5.41) is 0. The molecule has 1 atom stereocenters. The van der Waals surface area contributed by atoms with E-state index in [0.29, 0.717) is 6.10 Å². The summed E-state index contributed by atoms with van der Waals surface area (Å²) < 4.78 is 6.09. The third-order valence-corrected chi connectivity index (χ3v) is 4.13. The van der Waals surface area contributed by atoms with Gasteiger partial charge in [0.2, 0.25) is 0 Å². The van der Waals surface area contributed by atoms with Crippen molar-refractivity contribution >= 4 is 0 Å². The molecule has 0 aromatic carbocycles. The molecule has 0 amide bonds. The zero-order chi connectivity index (χ0) is 11.8. The summed E-state index contributed by atoms with van der Waals surface area (Å²) in [4.78, 5) is 0. The maximum absolute atomic E-state index is 6.09. The SMILES string of the molecule is C1=C2CCCCCCCCCCCC(CC1)O2. The van der Waals surface area contributed by atoms with E-state index in [1.54, 1.807) is 0 Å². The van der Waals surface area contributed by atoms with Gasteiger partial charge in [-0.3, -0.25) is 0 Å². The van der Waals surface area contributed by atoms with Crippen molar-refractivity contribution in [2.24, 2.45) is 0 Å². The van der Waals surface area contributed by atoms with E-state index < -0.39 is 0 Å². The zero-order valence-corrected chi connectivity index (χ0v) is 11.3. The van der Waals surface area contributed by atoms with E-state index in [1.807, 2.05) is 0 Å². The van der Waals surface area contributed by atoms with Crippen molar-refractivity contribution in [1.82, 2.24) is 0 Å². The summed E-state index contributed by atoms with van der Waals surface area (Å²) in [7, 11) is 0. The minimum atomic E-state index is 0.540. The van der Waals surface area contributed by atoms with Crippen LogP contribution in [0.25, 0.3) is 0 Å². The molecule has 0 radical (unpaired) electrons. The quantitative estimate of drug-likeness (QED) is 0.550. The molecular weight excluding hydrogens is 208 g/mol. The Balaban J connectivity index is 1.78.